The van der Waals surface area contributed by atoms with Crippen LogP contribution in [0.15, 0.2) is 121 Å². The third-order valence-electron chi connectivity index (χ3n) is 15.8. The number of anilines is 7. The predicted molar refractivity (Wildman–Crippen MR) is 367 cm³/mol. The Bertz CT molecular complexity index is 3350. The van der Waals surface area contributed by atoms with Crippen molar-refractivity contribution in [1.82, 2.24) is 0 Å². The van der Waals surface area contributed by atoms with E-state index in [0.717, 1.165) is 138 Å². The Labute approximate surface area is 533 Å². The van der Waals surface area contributed by atoms with Gasteiger partial charge in [0.15, 0.2) is 0 Å². The molecule has 0 saturated carbocycles. The lowest BCUT2D eigenvalue weighted by molar-refractivity contribution is -0.115. The maximum absolute atomic E-state index is 14.3. The van der Waals surface area contributed by atoms with Crippen LogP contribution in [0.4, 0.5) is 54.2 Å². The number of carbonyl (C=O) groups is 4. The second-order valence-corrected chi connectivity index (χ2v) is 23.7. The molecular weight excluding hydrogens is 1130 g/mol. The van der Waals surface area contributed by atoms with Gasteiger partial charge in [-0.3, -0.25) is 4.79 Å². The van der Waals surface area contributed by atoms with Crippen LogP contribution in [-0.2, 0) is 30.5 Å². The molecule has 0 radical (unpaired) electrons. The van der Waals surface area contributed by atoms with E-state index in [9.17, 15) is 19.2 Å². The zero-order valence-corrected chi connectivity index (χ0v) is 54.2. The number of benzene rings is 7. The van der Waals surface area contributed by atoms with E-state index in [0.29, 0.717) is 89.2 Å². The molecule has 0 spiro atoms. The Morgan fingerprint density at radius 3 is 0.722 bits per heavy atom. The van der Waals surface area contributed by atoms with Gasteiger partial charge in [-0.1, -0.05) is 139 Å². The van der Waals surface area contributed by atoms with Crippen LogP contribution < -0.4 is 56.2 Å². The molecule has 0 aromatic heterocycles. The van der Waals surface area contributed by atoms with Crippen LogP contribution in [0.5, 0.6) is 23.0 Å². The normalized spacial score (nSPS) is 11.6. The van der Waals surface area contributed by atoms with Crippen molar-refractivity contribution in [2.45, 2.75) is 165 Å². The largest absolute Gasteiger partial charge is 0.493 e. The van der Waals surface area contributed by atoms with Crippen molar-refractivity contribution < 1.29 is 38.1 Å². The van der Waals surface area contributed by atoms with Crippen molar-refractivity contribution in [3.8, 4) is 23.0 Å². The predicted octanol–water partition coefficient (Wildman–Crippen LogP) is 18.8. The lowest BCUT2D eigenvalue weighted by Gasteiger charge is -2.25. The van der Waals surface area contributed by atoms with Crippen LogP contribution in [-0.4, -0.2) is 50.4 Å². The first kappa shape index (κ1) is 67.0. The van der Waals surface area contributed by atoms with Crippen molar-refractivity contribution in [3.63, 3.8) is 0 Å². The summed E-state index contributed by atoms with van der Waals surface area (Å²) in [6.45, 7) is 18.2. The lowest BCUT2D eigenvalue weighted by atomic mass is 9.90. The molecule has 7 aromatic carbocycles. The zero-order chi connectivity index (χ0) is 63.8. The van der Waals surface area contributed by atoms with E-state index in [1.165, 1.54) is 0 Å². The first-order valence-corrected chi connectivity index (χ1v) is 32.6. The number of urea groups is 3. The Morgan fingerprint density at radius 2 is 0.511 bits per heavy atom. The Hall–Kier alpha value is -8.98. The molecule has 476 valence electrons. The summed E-state index contributed by atoms with van der Waals surface area (Å²) >= 11 is 0. The second-order valence-electron chi connectivity index (χ2n) is 23.7. The van der Waals surface area contributed by atoms with Crippen molar-refractivity contribution >= 4 is 63.8 Å². The quantitative estimate of drug-likeness (QED) is 0.0236. The number of hydrogen-bond donors (Lipinski definition) is 7. The molecule has 1 aliphatic carbocycles. The molecule has 0 atom stereocenters. The lowest BCUT2D eigenvalue weighted by Crippen LogP contribution is -2.20. The first-order chi connectivity index (χ1) is 43.7. The smallest absolute Gasteiger partial charge is 0.323 e. The standard InChI is InChI=1S/C75H93N7O8/c1-9-14-18-34-87-69-53-38-55-44-65(80-73(84)77-61-28-22-50(6)23-29-61)46-57(70(55)88-35-19-15-10-2)40-59-48-67(82-75(86)79-63-32-26-52(8)27-33-63)49-60(72(59)90-37-21-17-12-4)41-58-47-66(81-74(85)78-62-30-24-51(7)25-31-62)45-56(71(58)89-36-20-16-11-3)39-54(69)43-64(42-53)76-68(83)13-5/h22-33,42-49H,9-21,34-41H2,1-8H3,(H,76,83)(H2,77,80,84)(H2,78,81,85)(H2,79,82,86). The van der Waals surface area contributed by atoms with Crippen molar-refractivity contribution in [2.75, 3.05) is 63.6 Å². The van der Waals surface area contributed by atoms with Crippen LogP contribution in [0.25, 0.3) is 0 Å². The van der Waals surface area contributed by atoms with Crippen molar-refractivity contribution in [3.05, 3.63) is 183 Å². The number of rotatable bonds is 28. The highest BCUT2D eigenvalue weighted by atomic mass is 16.5. The van der Waals surface area contributed by atoms with E-state index in [4.69, 9.17) is 18.9 Å². The van der Waals surface area contributed by atoms with Crippen LogP contribution >= 0.6 is 0 Å². The van der Waals surface area contributed by atoms with E-state index in [1.54, 1.807) is 0 Å². The molecule has 8 bridgehead atoms. The summed E-state index contributed by atoms with van der Waals surface area (Å²) in [5, 5.41) is 21.9. The molecule has 7 amide bonds. The minimum absolute atomic E-state index is 0.151. The molecule has 15 heteroatoms. The van der Waals surface area contributed by atoms with Gasteiger partial charge in [-0.2, -0.15) is 0 Å². The highest BCUT2D eigenvalue weighted by Gasteiger charge is 2.26. The summed E-state index contributed by atoms with van der Waals surface area (Å²) in [7, 11) is 0. The van der Waals surface area contributed by atoms with E-state index in [-0.39, 0.29) is 38.0 Å². The molecule has 0 aliphatic heterocycles. The van der Waals surface area contributed by atoms with Gasteiger partial charge >= 0.3 is 18.1 Å². The molecule has 0 heterocycles. The minimum Gasteiger partial charge on any atom is -0.493 e. The topological polar surface area (TPSA) is 189 Å². The molecule has 7 N–H and O–H groups in total. The van der Waals surface area contributed by atoms with Crippen LogP contribution in [0.2, 0.25) is 0 Å². The third kappa shape index (κ3) is 20.0. The van der Waals surface area contributed by atoms with E-state index >= 15 is 0 Å². The van der Waals surface area contributed by atoms with Gasteiger partial charge in [0.2, 0.25) is 5.91 Å². The average Bonchev–Trinajstić information content (AvgIpc) is 1.06. The minimum atomic E-state index is -0.432. The van der Waals surface area contributed by atoms with E-state index in [1.807, 2.05) is 149 Å². The monoisotopic (exact) mass is 1220 g/mol. The van der Waals surface area contributed by atoms with E-state index in [2.05, 4.69) is 64.9 Å². The maximum Gasteiger partial charge on any atom is 0.323 e. The zero-order valence-electron chi connectivity index (χ0n) is 54.2. The number of ether oxygens (including phenoxy) is 4. The summed E-state index contributed by atoms with van der Waals surface area (Å²) in [6.07, 6.45) is 12.3. The van der Waals surface area contributed by atoms with Gasteiger partial charge in [0.1, 0.15) is 23.0 Å². The number of fused-ring (bicyclic) bond motifs is 8. The first-order valence-electron chi connectivity index (χ1n) is 32.6. The summed E-state index contributed by atoms with van der Waals surface area (Å²) in [4.78, 5) is 56.3. The van der Waals surface area contributed by atoms with Gasteiger partial charge in [-0.15, -0.1) is 0 Å². The van der Waals surface area contributed by atoms with Gasteiger partial charge in [0.05, 0.1) is 26.4 Å². The van der Waals surface area contributed by atoms with Gasteiger partial charge in [-0.25, -0.2) is 14.4 Å². The highest BCUT2D eigenvalue weighted by molar-refractivity contribution is 6.02. The number of carbonyl (C=O) groups excluding carboxylic acids is 4. The molecule has 8 rings (SSSR count). The van der Waals surface area contributed by atoms with Gasteiger partial charge in [0, 0.05) is 116 Å². The van der Waals surface area contributed by atoms with E-state index < -0.39 is 18.1 Å². The third-order valence-corrected chi connectivity index (χ3v) is 15.8. The SMILES string of the molecule is CCCCCOc1c2cc(NC(=O)CC)cc1Cc1cc(NC(=O)Nc3ccc(C)cc3)cc(c1OCCCCC)Cc1cc(NC(=O)Nc3ccc(C)cc3)cc(c1OCCCCC)Cc1cc(NC(=O)Nc3ccc(C)cc3)cc(c1OCCCCC)C2. The molecule has 15 nitrogen and oxygen atoms in total. The molecular formula is C75H93N7O8. The molecule has 0 fully saturated rings. The van der Waals surface area contributed by atoms with Crippen LogP contribution in [0.1, 0.15) is 179 Å². The summed E-state index contributed by atoms with van der Waals surface area (Å²) in [6, 6.07) is 37.5. The Kier molecular flexibility index (Phi) is 25.4. The summed E-state index contributed by atoms with van der Waals surface area (Å²) < 4.78 is 28.4. The Morgan fingerprint density at radius 1 is 0.300 bits per heavy atom. The fraction of sp³-hybridized carbons (Fsp3) is 0.387. The molecule has 0 unspecified atom stereocenters. The molecule has 7 aromatic rings. The number of aryl methyl sites for hydroxylation is 3. The number of hydrogen-bond acceptors (Lipinski definition) is 8. The van der Waals surface area contributed by atoms with Crippen molar-refractivity contribution in [2.24, 2.45) is 0 Å². The maximum atomic E-state index is 14.3. The number of amides is 7. The summed E-state index contributed by atoms with van der Waals surface area (Å²) in [5.41, 5.74) is 13.5. The number of unbranched alkanes of at least 4 members (excludes halogenated alkanes) is 8. The van der Waals surface area contributed by atoms with Crippen molar-refractivity contribution in [1.29, 1.82) is 0 Å². The van der Waals surface area contributed by atoms with Gasteiger partial charge in [-0.05, 0) is 131 Å². The van der Waals surface area contributed by atoms with Gasteiger partial charge < -0.3 is 56.2 Å². The fourth-order valence-electron chi connectivity index (χ4n) is 11.1. The molecule has 90 heavy (non-hydrogen) atoms. The molecule has 1 aliphatic rings. The second kappa shape index (κ2) is 34.1. The number of nitrogens with one attached hydrogen (secondary N) is 7. The average molecular weight is 1220 g/mol. The summed E-state index contributed by atoms with van der Waals surface area (Å²) in [5.74, 6) is 2.43. The van der Waals surface area contributed by atoms with Gasteiger partial charge in [0.25, 0.3) is 0 Å². The highest BCUT2D eigenvalue weighted by Crippen LogP contribution is 2.43. The molecule has 0 saturated heterocycles. The fourth-order valence-corrected chi connectivity index (χ4v) is 11.1. The van der Waals surface area contributed by atoms with Crippen LogP contribution in [0, 0.1) is 20.8 Å². The van der Waals surface area contributed by atoms with Crippen LogP contribution in [0.3, 0.4) is 0 Å². The Balaban J connectivity index is 1.43.